The first kappa shape index (κ1) is 19.6. The molecule has 0 atom stereocenters. The lowest BCUT2D eigenvalue weighted by atomic mass is 10.2. The monoisotopic (exact) mass is 391 g/mol. The molecule has 3 rings (SSSR count). The Morgan fingerprint density at radius 1 is 1.11 bits per heavy atom. The summed E-state index contributed by atoms with van der Waals surface area (Å²) in [7, 11) is 1.61. The second kappa shape index (κ2) is 9.17. The van der Waals surface area contributed by atoms with Gasteiger partial charge in [0.15, 0.2) is 0 Å². The van der Waals surface area contributed by atoms with Crippen LogP contribution in [0.2, 0.25) is 5.02 Å². The maximum atomic E-state index is 13.2. The average molecular weight is 392 g/mol. The van der Waals surface area contributed by atoms with Gasteiger partial charge in [0.25, 0.3) is 0 Å². The molecule has 27 heavy (non-hydrogen) atoms. The van der Waals surface area contributed by atoms with Crippen molar-refractivity contribution in [2.45, 2.75) is 6.54 Å². The fourth-order valence-electron chi connectivity index (χ4n) is 3.08. The lowest BCUT2D eigenvalue weighted by Gasteiger charge is -2.34. The molecule has 0 bridgehead atoms. The Labute approximate surface area is 163 Å². The molecule has 0 radical (unpaired) electrons. The molecule has 144 valence electrons. The second-order valence-corrected chi connectivity index (χ2v) is 6.98. The number of hydrogen-bond acceptors (Lipinski definition) is 4. The van der Waals surface area contributed by atoms with Crippen LogP contribution in [-0.4, -0.2) is 55.5 Å². The molecule has 2 aromatic carbocycles. The van der Waals surface area contributed by atoms with Crippen molar-refractivity contribution in [3.05, 3.63) is 58.9 Å². The fraction of sp³-hybridized carbons (Fsp3) is 0.350. The zero-order chi connectivity index (χ0) is 19.2. The minimum Gasteiger partial charge on any atom is -0.497 e. The third kappa shape index (κ3) is 5.66. The summed E-state index contributed by atoms with van der Waals surface area (Å²) in [5, 5.41) is 3.06. The first-order valence-corrected chi connectivity index (χ1v) is 9.24. The number of methoxy groups -OCH3 is 1. The predicted octanol–water partition coefficient (Wildman–Crippen LogP) is 3.24. The Balaban J connectivity index is 1.43. The maximum Gasteiger partial charge on any atom is 0.238 e. The SMILES string of the molecule is COc1ccc(NC(=O)CN2CCN(Cc3ccc(F)c(Cl)c3)CC2)cc1. The standard InChI is InChI=1S/C20H23ClFN3O2/c1-27-17-5-3-16(4-6-17)23-20(26)14-25-10-8-24(9-11-25)13-15-2-7-19(22)18(21)12-15/h2-7,12H,8-11,13-14H2,1H3,(H,23,26). The van der Waals surface area contributed by atoms with E-state index in [0.717, 1.165) is 49.7 Å². The van der Waals surface area contributed by atoms with Crippen LogP contribution in [0, 0.1) is 5.82 Å². The number of carbonyl (C=O) groups is 1. The van der Waals surface area contributed by atoms with E-state index in [1.165, 1.54) is 6.07 Å². The van der Waals surface area contributed by atoms with Gasteiger partial charge in [-0.3, -0.25) is 14.6 Å². The quantitative estimate of drug-likeness (QED) is 0.821. The molecule has 0 aromatic heterocycles. The van der Waals surface area contributed by atoms with Crippen LogP contribution < -0.4 is 10.1 Å². The maximum absolute atomic E-state index is 13.2. The number of nitrogens with one attached hydrogen (secondary N) is 1. The van der Waals surface area contributed by atoms with E-state index in [4.69, 9.17) is 16.3 Å². The zero-order valence-corrected chi connectivity index (χ0v) is 16.0. The fourth-order valence-corrected chi connectivity index (χ4v) is 3.28. The van der Waals surface area contributed by atoms with Crippen LogP contribution in [0.3, 0.4) is 0 Å². The molecular weight excluding hydrogens is 369 g/mol. The number of anilines is 1. The highest BCUT2D eigenvalue weighted by atomic mass is 35.5. The second-order valence-electron chi connectivity index (χ2n) is 6.58. The summed E-state index contributed by atoms with van der Waals surface area (Å²) in [6, 6.07) is 12.1. The molecule has 1 aliphatic heterocycles. The Bertz CT molecular complexity index is 777. The van der Waals surface area contributed by atoms with Gasteiger partial charge in [0.2, 0.25) is 5.91 Å². The molecular formula is C20H23ClFN3O2. The van der Waals surface area contributed by atoms with Crippen molar-refractivity contribution >= 4 is 23.2 Å². The molecule has 1 N–H and O–H groups in total. The number of amides is 1. The lowest BCUT2D eigenvalue weighted by Crippen LogP contribution is -2.48. The summed E-state index contributed by atoms with van der Waals surface area (Å²) < 4.78 is 18.4. The molecule has 1 heterocycles. The summed E-state index contributed by atoms with van der Waals surface area (Å²) >= 11 is 5.84. The highest BCUT2D eigenvalue weighted by molar-refractivity contribution is 6.30. The normalized spacial score (nSPS) is 15.5. The average Bonchev–Trinajstić information content (AvgIpc) is 2.67. The molecule has 0 saturated carbocycles. The van der Waals surface area contributed by atoms with E-state index in [1.54, 1.807) is 19.2 Å². The number of hydrogen-bond donors (Lipinski definition) is 1. The summed E-state index contributed by atoms with van der Waals surface area (Å²) in [6.07, 6.45) is 0. The van der Waals surface area contributed by atoms with Crippen LogP contribution in [0.5, 0.6) is 5.75 Å². The van der Waals surface area contributed by atoms with Crippen LogP contribution in [0.4, 0.5) is 10.1 Å². The third-order valence-corrected chi connectivity index (χ3v) is 4.89. The van der Waals surface area contributed by atoms with Crippen molar-refractivity contribution in [1.82, 2.24) is 9.80 Å². The van der Waals surface area contributed by atoms with Crippen molar-refractivity contribution in [3.63, 3.8) is 0 Å². The molecule has 5 nitrogen and oxygen atoms in total. The zero-order valence-electron chi connectivity index (χ0n) is 15.3. The van der Waals surface area contributed by atoms with Gasteiger partial charge in [0.05, 0.1) is 18.7 Å². The molecule has 1 fully saturated rings. The van der Waals surface area contributed by atoms with Gasteiger partial charge in [-0.15, -0.1) is 0 Å². The van der Waals surface area contributed by atoms with Crippen LogP contribution in [-0.2, 0) is 11.3 Å². The number of rotatable bonds is 6. The Morgan fingerprint density at radius 2 is 1.78 bits per heavy atom. The summed E-state index contributed by atoms with van der Waals surface area (Å²) in [6.45, 7) is 4.42. The predicted molar refractivity (Wildman–Crippen MR) is 105 cm³/mol. The van der Waals surface area contributed by atoms with Gasteiger partial charge in [-0.1, -0.05) is 17.7 Å². The topological polar surface area (TPSA) is 44.8 Å². The van der Waals surface area contributed by atoms with Gasteiger partial charge in [-0.05, 0) is 42.0 Å². The lowest BCUT2D eigenvalue weighted by molar-refractivity contribution is -0.117. The molecule has 1 aliphatic rings. The van der Waals surface area contributed by atoms with Crippen molar-refractivity contribution in [2.24, 2.45) is 0 Å². The van der Waals surface area contributed by atoms with Gasteiger partial charge in [0, 0.05) is 38.4 Å². The molecule has 0 unspecified atom stereocenters. The largest absolute Gasteiger partial charge is 0.497 e. The Kier molecular flexibility index (Phi) is 6.66. The molecule has 1 saturated heterocycles. The van der Waals surface area contributed by atoms with Crippen molar-refractivity contribution in [1.29, 1.82) is 0 Å². The molecule has 0 spiro atoms. The minimum atomic E-state index is -0.395. The Morgan fingerprint density at radius 3 is 2.41 bits per heavy atom. The number of benzene rings is 2. The number of ether oxygens (including phenoxy) is 1. The molecule has 2 aromatic rings. The molecule has 1 amide bonds. The van der Waals surface area contributed by atoms with E-state index in [9.17, 15) is 9.18 Å². The smallest absolute Gasteiger partial charge is 0.238 e. The van der Waals surface area contributed by atoms with Gasteiger partial charge in [-0.2, -0.15) is 0 Å². The van der Waals surface area contributed by atoms with Crippen molar-refractivity contribution < 1.29 is 13.9 Å². The van der Waals surface area contributed by atoms with Gasteiger partial charge in [-0.25, -0.2) is 4.39 Å². The van der Waals surface area contributed by atoms with Gasteiger partial charge < -0.3 is 10.1 Å². The van der Waals surface area contributed by atoms with Crippen LogP contribution in [0.15, 0.2) is 42.5 Å². The van der Waals surface area contributed by atoms with Crippen LogP contribution in [0.25, 0.3) is 0 Å². The summed E-state index contributed by atoms with van der Waals surface area (Å²) in [5.41, 5.74) is 1.75. The van der Waals surface area contributed by atoms with E-state index in [2.05, 4.69) is 15.1 Å². The molecule has 0 aliphatic carbocycles. The number of halogens is 2. The van der Waals surface area contributed by atoms with Crippen LogP contribution in [0.1, 0.15) is 5.56 Å². The summed E-state index contributed by atoms with van der Waals surface area (Å²) in [5.74, 6) is 0.332. The minimum absolute atomic E-state index is 0.0288. The van der Waals surface area contributed by atoms with Gasteiger partial charge >= 0.3 is 0 Å². The highest BCUT2D eigenvalue weighted by Crippen LogP contribution is 2.18. The van der Waals surface area contributed by atoms with Crippen molar-refractivity contribution in [3.8, 4) is 5.75 Å². The van der Waals surface area contributed by atoms with E-state index in [-0.39, 0.29) is 10.9 Å². The van der Waals surface area contributed by atoms with Gasteiger partial charge in [0.1, 0.15) is 11.6 Å². The van der Waals surface area contributed by atoms with E-state index in [0.29, 0.717) is 6.54 Å². The number of piperazine rings is 1. The van der Waals surface area contributed by atoms with Crippen molar-refractivity contribution in [2.75, 3.05) is 45.2 Å². The Hall–Kier alpha value is -2.15. The van der Waals surface area contributed by atoms with E-state index >= 15 is 0 Å². The first-order valence-electron chi connectivity index (χ1n) is 8.86. The summed E-state index contributed by atoms with van der Waals surface area (Å²) in [4.78, 5) is 16.6. The highest BCUT2D eigenvalue weighted by Gasteiger charge is 2.19. The van der Waals surface area contributed by atoms with E-state index < -0.39 is 5.82 Å². The first-order chi connectivity index (χ1) is 13.0. The third-order valence-electron chi connectivity index (χ3n) is 4.60. The molecule has 7 heteroatoms. The van der Waals surface area contributed by atoms with E-state index in [1.807, 2.05) is 24.3 Å². The number of nitrogens with zero attached hydrogens (tertiary/aromatic N) is 2. The van der Waals surface area contributed by atoms with Crippen LogP contribution >= 0.6 is 11.6 Å². The number of carbonyl (C=O) groups excluding carboxylic acids is 1.